The molecule has 4 rings (SSSR count). The van der Waals surface area contributed by atoms with Gasteiger partial charge >= 0.3 is 0 Å². The Morgan fingerprint density at radius 2 is 1.93 bits per heavy atom. The van der Waals surface area contributed by atoms with Crippen LogP contribution >= 0.6 is 11.3 Å². The van der Waals surface area contributed by atoms with Crippen molar-refractivity contribution in [3.05, 3.63) is 81.7 Å². The summed E-state index contributed by atoms with van der Waals surface area (Å²) in [6, 6.07) is 11.8. The molecule has 0 radical (unpaired) electrons. The van der Waals surface area contributed by atoms with Gasteiger partial charge in [0.2, 0.25) is 0 Å². The second-order valence-electron chi connectivity index (χ2n) is 5.63. The predicted octanol–water partition coefficient (Wildman–Crippen LogP) is 4.36. The molecule has 0 saturated carbocycles. The number of para-hydroxylation sites is 2. The normalized spacial score (nSPS) is 10.9. The van der Waals surface area contributed by atoms with Gasteiger partial charge in [-0.05, 0) is 30.3 Å². The first-order valence-electron chi connectivity index (χ1n) is 7.80. The number of fused-ring (bicyclic) bond motifs is 1. The van der Waals surface area contributed by atoms with E-state index in [4.69, 9.17) is 0 Å². The van der Waals surface area contributed by atoms with Crippen molar-refractivity contribution in [2.45, 2.75) is 0 Å². The number of hydrogen-bond acceptors (Lipinski definition) is 5. The molecule has 0 atom stereocenters. The molecular weight excluding hydrogens is 371 g/mol. The Kier molecular flexibility index (Phi) is 4.13. The lowest BCUT2D eigenvalue weighted by molar-refractivity contribution is -0.383. The highest BCUT2D eigenvalue weighted by molar-refractivity contribution is 7.15. The third-order valence-electron chi connectivity index (χ3n) is 3.93. The summed E-state index contributed by atoms with van der Waals surface area (Å²) in [7, 11) is 0. The largest absolute Gasteiger partial charge is 0.315 e. The highest BCUT2D eigenvalue weighted by atomic mass is 32.1. The summed E-state index contributed by atoms with van der Waals surface area (Å²) in [6.45, 7) is 0. The van der Waals surface area contributed by atoms with E-state index in [1.807, 2.05) is 0 Å². The van der Waals surface area contributed by atoms with E-state index in [0.717, 1.165) is 5.56 Å². The Hall–Kier alpha value is -3.59. The summed E-state index contributed by atoms with van der Waals surface area (Å²) < 4.78 is 14.7. The molecule has 2 heterocycles. The molecule has 2 aromatic carbocycles. The molecule has 1 amide bonds. The molecular formula is C18H11FN4O3S. The first kappa shape index (κ1) is 16.9. The molecule has 0 bridgehead atoms. The molecule has 0 aliphatic carbocycles. The predicted molar refractivity (Wildman–Crippen MR) is 99.5 cm³/mol. The van der Waals surface area contributed by atoms with Gasteiger partial charge in [0, 0.05) is 23.2 Å². The molecule has 0 unspecified atom stereocenters. The fourth-order valence-corrected chi connectivity index (χ4v) is 3.49. The molecule has 0 aliphatic rings. The second-order valence-corrected chi connectivity index (χ2v) is 6.47. The van der Waals surface area contributed by atoms with Gasteiger partial charge in [0.15, 0.2) is 4.96 Å². The number of aromatic nitrogens is 2. The minimum Gasteiger partial charge on any atom is -0.315 e. The number of carbonyl (C=O) groups excluding carboxylic acids is 1. The average Bonchev–Trinajstić information content (AvgIpc) is 3.23. The van der Waals surface area contributed by atoms with E-state index in [9.17, 15) is 19.3 Å². The Morgan fingerprint density at radius 1 is 1.19 bits per heavy atom. The van der Waals surface area contributed by atoms with Crippen molar-refractivity contribution < 1.29 is 14.1 Å². The molecule has 2 aromatic heterocycles. The van der Waals surface area contributed by atoms with Crippen LogP contribution < -0.4 is 5.32 Å². The van der Waals surface area contributed by atoms with Crippen LogP contribution in [0.1, 0.15) is 10.5 Å². The van der Waals surface area contributed by atoms with E-state index in [1.165, 1.54) is 41.7 Å². The van der Waals surface area contributed by atoms with Gasteiger partial charge in [0.05, 0.1) is 10.6 Å². The van der Waals surface area contributed by atoms with Crippen molar-refractivity contribution in [2.24, 2.45) is 0 Å². The molecule has 4 aromatic rings. The first-order chi connectivity index (χ1) is 13.0. The highest BCUT2D eigenvalue weighted by Gasteiger charge is 2.19. The number of rotatable bonds is 4. The van der Waals surface area contributed by atoms with Gasteiger partial charge in [-0.2, -0.15) is 0 Å². The maximum Gasteiger partial charge on any atom is 0.292 e. The average molecular weight is 382 g/mol. The maximum absolute atomic E-state index is 13.1. The quantitative estimate of drug-likeness (QED) is 0.419. The smallest absolute Gasteiger partial charge is 0.292 e. The van der Waals surface area contributed by atoms with Crippen molar-refractivity contribution in [1.29, 1.82) is 0 Å². The van der Waals surface area contributed by atoms with Gasteiger partial charge in [-0.15, -0.1) is 11.3 Å². The lowest BCUT2D eigenvalue weighted by Crippen LogP contribution is -2.14. The molecule has 7 nitrogen and oxygen atoms in total. The van der Waals surface area contributed by atoms with Crippen LogP contribution in [0.15, 0.2) is 60.1 Å². The van der Waals surface area contributed by atoms with Crippen molar-refractivity contribution in [3.63, 3.8) is 0 Å². The van der Waals surface area contributed by atoms with E-state index in [2.05, 4.69) is 10.3 Å². The molecule has 0 aliphatic heterocycles. The number of imidazole rings is 1. The second kappa shape index (κ2) is 6.61. The molecule has 9 heteroatoms. The van der Waals surface area contributed by atoms with Gasteiger partial charge in [-0.1, -0.05) is 12.1 Å². The van der Waals surface area contributed by atoms with Crippen molar-refractivity contribution in [3.8, 4) is 11.3 Å². The number of nitrogens with one attached hydrogen (secondary N) is 1. The number of thiazole rings is 1. The lowest BCUT2D eigenvalue weighted by atomic mass is 10.2. The third-order valence-corrected chi connectivity index (χ3v) is 4.77. The zero-order valence-corrected chi connectivity index (χ0v) is 14.4. The van der Waals surface area contributed by atoms with Gasteiger partial charge in [0.1, 0.15) is 17.2 Å². The fraction of sp³-hybridized carbons (Fsp3) is 0. The number of hydrogen-bond donors (Lipinski definition) is 1. The standard InChI is InChI=1S/C18H11FN4O3S/c19-12-7-5-11(6-8-12)14-9-22-16(10-27-18(22)21-14)17(24)20-13-3-1-2-4-15(13)23(25)26/h1-10H,(H,20,24). The number of amides is 1. The Bertz CT molecular complexity index is 1170. The Labute approximate surface area is 155 Å². The summed E-state index contributed by atoms with van der Waals surface area (Å²) in [5.41, 5.74) is 1.55. The van der Waals surface area contributed by atoms with Crippen LogP contribution in [0, 0.1) is 15.9 Å². The van der Waals surface area contributed by atoms with E-state index >= 15 is 0 Å². The lowest BCUT2D eigenvalue weighted by Gasteiger charge is -2.05. The van der Waals surface area contributed by atoms with Gasteiger partial charge in [-0.3, -0.25) is 19.3 Å². The third kappa shape index (κ3) is 3.15. The molecule has 134 valence electrons. The van der Waals surface area contributed by atoms with Crippen LogP contribution in [-0.4, -0.2) is 20.2 Å². The summed E-state index contributed by atoms with van der Waals surface area (Å²) in [4.78, 5) is 28.2. The van der Waals surface area contributed by atoms with E-state index < -0.39 is 10.8 Å². The number of nitrogens with zero attached hydrogens (tertiary/aromatic N) is 3. The number of anilines is 1. The van der Waals surface area contributed by atoms with Crippen LogP contribution in [0.2, 0.25) is 0 Å². The van der Waals surface area contributed by atoms with Gasteiger partial charge in [-0.25, -0.2) is 9.37 Å². The first-order valence-corrected chi connectivity index (χ1v) is 8.68. The van der Waals surface area contributed by atoms with Crippen molar-refractivity contribution in [2.75, 3.05) is 5.32 Å². The summed E-state index contributed by atoms with van der Waals surface area (Å²) in [5, 5.41) is 15.3. The van der Waals surface area contributed by atoms with Crippen LogP contribution in [0.3, 0.4) is 0 Å². The zero-order valence-electron chi connectivity index (χ0n) is 13.6. The highest BCUT2D eigenvalue weighted by Crippen LogP contribution is 2.26. The van der Waals surface area contributed by atoms with E-state index in [1.54, 1.807) is 34.2 Å². The van der Waals surface area contributed by atoms with Gasteiger partial charge in [0.25, 0.3) is 11.6 Å². The topological polar surface area (TPSA) is 89.5 Å². The molecule has 0 fully saturated rings. The monoisotopic (exact) mass is 382 g/mol. The number of carbonyl (C=O) groups is 1. The Morgan fingerprint density at radius 3 is 2.67 bits per heavy atom. The van der Waals surface area contributed by atoms with Crippen molar-refractivity contribution in [1.82, 2.24) is 9.38 Å². The van der Waals surface area contributed by atoms with Crippen LogP contribution in [0.5, 0.6) is 0 Å². The van der Waals surface area contributed by atoms with Crippen LogP contribution in [0.25, 0.3) is 16.2 Å². The summed E-state index contributed by atoms with van der Waals surface area (Å²) in [6.07, 6.45) is 1.67. The van der Waals surface area contributed by atoms with Crippen LogP contribution in [0.4, 0.5) is 15.8 Å². The molecule has 0 saturated heterocycles. The number of benzene rings is 2. The molecule has 27 heavy (non-hydrogen) atoms. The summed E-state index contributed by atoms with van der Waals surface area (Å²) in [5.74, 6) is -0.831. The van der Waals surface area contributed by atoms with E-state index in [-0.39, 0.29) is 17.2 Å². The zero-order chi connectivity index (χ0) is 19.0. The van der Waals surface area contributed by atoms with Gasteiger partial charge < -0.3 is 5.32 Å². The molecule has 0 spiro atoms. The number of nitro groups is 1. The Balaban J connectivity index is 1.67. The SMILES string of the molecule is O=C(Nc1ccccc1[N+](=O)[O-])c1csc2nc(-c3ccc(F)cc3)cn12. The number of nitro benzene ring substituents is 1. The summed E-state index contributed by atoms with van der Waals surface area (Å²) >= 11 is 1.27. The minimum atomic E-state index is -0.553. The maximum atomic E-state index is 13.1. The van der Waals surface area contributed by atoms with Crippen LogP contribution in [-0.2, 0) is 0 Å². The van der Waals surface area contributed by atoms with E-state index in [0.29, 0.717) is 16.3 Å². The number of halogens is 1. The molecule has 1 N–H and O–H groups in total. The van der Waals surface area contributed by atoms with Crippen molar-refractivity contribution >= 4 is 33.6 Å². The fourth-order valence-electron chi connectivity index (χ4n) is 2.63. The minimum absolute atomic E-state index is 0.116.